The number of benzene rings is 2. The average Bonchev–Trinajstić information content (AvgIpc) is 2.43. The van der Waals surface area contributed by atoms with Crippen LogP contribution in [0.15, 0.2) is 46.9 Å². The first-order valence-electron chi connectivity index (χ1n) is 5.92. The van der Waals surface area contributed by atoms with Crippen LogP contribution in [0, 0.1) is 0 Å². The van der Waals surface area contributed by atoms with Crippen LogP contribution < -0.4 is 10.1 Å². The van der Waals surface area contributed by atoms with Crippen LogP contribution in [0.25, 0.3) is 0 Å². The van der Waals surface area contributed by atoms with Gasteiger partial charge in [0, 0.05) is 9.50 Å². The molecule has 0 aromatic heterocycles. The molecule has 4 heteroatoms. The third-order valence-corrected chi connectivity index (χ3v) is 4.05. The molecule has 2 nitrogen and oxygen atoms in total. The Bertz CT molecular complexity index is 574. The Kier molecular flexibility index (Phi) is 4.86. The molecule has 1 N–H and O–H groups in total. The van der Waals surface area contributed by atoms with E-state index in [9.17, 15) is 0 Å². The van der Waals surface area contributed by atoms with Gasteiger partial charge in [0.2, 0.25) is 0 Å². The predicted octanol–water partition coefficient (Wildman–Crippen LogP) is 4.42. The van der Waals surface area contributed by atoms with Crippen molar-refractivity contribution in [3.8, 4) is 5.75 Å². The van der Waals surface area contributed by atoms with Crippen molar-refractivity contribution >= 4 is 27.5 Å². The number of ether oxygens (including phenoxy) is 1. The van der Waals surface area contributed by atoms with E-state index in [1.54, 1.807) is 7.11 Å². The van der Waals surface area contributed by atoms with Gasteiger partial charge < -0.3 is 10.1 Å². The van der Waals surface area contributed by atoms with E-state index in [0.29, 0.717) is 0 Å². The Morgan fingerprint density at radius 3 is 2.47 bits per heavy atom. The lowest BCUT2D eigenvalue weighted by Crippen LogP contribution is -2.18. The number of rotatable bonds is 4. The molecule has 100 valence electrons. The van der Waals surface area contributed by atoms with Crippen molar-refractivity contribution in [2.75, 3.05) is 14.2 Å². The Morgan fingerprint density at radius 1 is 1.16 bits per heavy atom. The van der Waals surface area contributed by atoms with Crippen LogP contribution in [0.5, 0.6) is 5.75 Å². The van der Waals surface area contributed by atoms with Crippen molar-refractivity contribution < 1.29 is 4.74 Å². The van der Waals surface area contributed by atoms with Gasteiger partial charge >= 0.3 is 0 Å². The molecule has 0 aliphatic carbocycles. The molecule has 0 spiro atoms. The van der Waals surface area contributed by atoms with Crippen LogP contribution in [0.3, 0.4) is 0 Å². The summed E-state index contributed by atoms with van der Waals surface area (Å²) < 4.78 is 6.21. The molecule has 0 fully saturated rings. The third kappa shape index (κ3) is 3.11. The summed E-state index contributed by atoms with van der Waals surface area (Å²) in [5, 5.41) is 4.05. The summed E-state index contributed by atoms with van der Waals surface area (Å²) in [5.74, 6) is 0.824. The van der Waals surface area contributed by atoms with Crippen molar-refractivity contribution in [2.24, 2.45) is 0 Å². The summed E-state index contributed by atoms with van der Waals surface area (Å²) in [5.41, 5.74) is 2.17. The fourth-order valence-electron chi connectivity index (χ4n) is 2.06. The van der Waals surface area contributed by atoms with Crippen molar-refractivity contribution in [1.82, 2.24) is 5.32 Å². The van der Waals surface area contributed by atoms with Crippen LogP contribution in [-0.4, -0.2) is 14.2 Å². The summed E-state index contributed by atoms with van der Waals surface area (Å²) in [6, 6.07) is 13.8. The number of methoxy groups -OCH3 is 1. The van der Waals surface area contributed by atoms with Crippen LogP contribution in [0.2, 0.25) is 5.02 Å². The van der Waals surface area contributed by atoms with E-state index in [0.717, 1.165) is 26.4 Å². The van der Waals surface area contributed by atoms with Crippen LogP contribution in [0.4, 0.5) is 0 Å². The topological polar surface area (TPSA) is 21.3 Å². The second kappa shape index (κ2) is 6.42. The zero-order valence-electron chi connectivity index (χ0n) is 10.8. The van der Waals surface area contributed by atoms with E-state index in [4.69, 9.17) is 16.3 Å². The van der Waals surface area contributed by atoms with E-state index in [1.165, 1.54) is 0 Å². The van der Waals surface area contributed by atoms with Crippen molar-refractivity contribution in [3.05, 3.63) is 63.1 Å². The van der Waals surface area contributed by atoms with Gasteiger partial charge in [0.25, 0.3) is 0 Å². The molecule has 2 rings (SSSR count). The lowest BCUT2D eigenvalue weighted by molar-refractivity contribution is 0.414. The maximum absolute atomic E-state index is 6.28. The first kappa shape index (κ1) is 14.4. The molecule has 1 unspecified atom stereocenters. The molecule has 0 radical (unpaired) electrons. The third-order valence-electron chi connectivity index (χ3n) is 3.02. The standard InChI is InChI=1S/C15H15BrClNO/c1-18-15(12-5-3-4-6-14(12)17)11-8-7-10(19-2)9-13(11)16/h3-9,15,18H,1-2H3. The van der Waals surface area contributed by atoms with E-state index in [2.05, 4.69) is 21.2 Å². The number of halogens is 2. The van der Waals surface area contributed by atoms with E-state index < -0.39 is 0 Å². The summed E-state index contributed by atoms with van der Waals surface area (Å²) in [6.07, 6.45) is 0. The van der Waals surface area contributed by atoms with Gasteiger partial charge in [-0.1, -0.05) is 51.8 Å². The lowest BCUT2D eigenvalue weighted by Gasteiger charge is -2.20. The zero-order valence-corrected chi connectivity index (χ0v) is 13.1. The molecule has 0 bridgehead atoms. The van der Waals surface area contributed by atoms with Gasteiger partial charge in [0.05, 0.1) is 13.2 Å². The maximum atomic E-state index is 6.28. The molecule has 0 aliphatic rings. The van der Waals surface area contributed by atoms with Crippen LogP contribution >= 0.6 is 27.5 Å². The molecule has 0 saturated heterocycles. The second-order valence-corrected chi connectivity index (χ2v) is 5.39. The smallest absolute Gasteiger partial charge is 0.120 e. The largest absolute Gasteiger partial charge is 0.497 e. The molecule has 1 atom stereocenters. The molecular weight excluding hydrogens is 326 g/mol. The number of hydrogen-bond acceptors (Lipinski definition) is 2. The van der Waals surface area contributed by atoms with Crippen molar-refractivity contribution in [2.45, 2.75) is 6.04 Å². The van der Waals surface area contributed by atoms with Gasteiger partial charge in [0.1, 0.15) is 5.75 Å². The SMILES string of the molecule is CNC(c1ccccc1Cl)c1ccc(OC)cc1Br. The number of nitrogens with one attached hydrogen (secondary N) is 1. The molecule has 2 aromatic rings. The summed E-state index contributed by atoms with van der Waals surface area (Å²) in [7, 11) is 3.58. The normalized spacial score (nSPS) is 12.2. The Balaban J connectivity index is 2.46. The molecule has 0 heterocycles. The minimum atomic E-state index is 0.0361. The number of hydrogen-bond donors (Lipinski definition) is 1. The molecule has 0 aliphatic heterocycles. The van der Waals surface area contributed by atoms with Gasteiger partial charge in [0.15, 0.2) is 0 Å². The first-order valence-corrected chi connectivity index (χ1v) is 7.09. The van der Waals surface area contributed by atoms with E-state index in [1.807, 2.05) is 49.5 Å². The minimum absolute atomic E-state index is 0.0361. The van der Waals surface area contributed by atoms with E-state index >= 15 is 0 Å². The van der Waals surface area contributed by atoms with Gasteiger partial charge in [-0.3, -0.25) is 0 Å². The Labute approximate surface area is 126 Å². The minimum Gasteiger partial charge on any atom is -0.497 e. The highest BCUT2D eigenvalue weighted by Crippen LogP contribution is 2.33. The fourth-order valence-corrected chi connectivity index (χ4v) is 2.89. The zero-order chi connectivity index (χ0) is 13.8. The summed E-state index contributed by atoms with van der Waals surface area (Å²) in [6.45, 7) is 0. The van der Waals surface area contributed by atoms with Gasteiger partial charge in [-0.25, -0.2) is 0 Å². The van der Waals surface area contributed by atoms with Crippen LogP contribution in [-0.2, 0) is 0 Å². The summed E-state index contributed by atoms with van der Waals surface area (Å²) >= 11 is 9.87. The molecular formula is C15H15BrClNO. The predicted molar refractivity (Wildman–Crippen MR) is 83.0 cm³/mol. The fraction of sp³-hybridized carbons (Fsp3) is 0.200. The molecule has 0 amide bonds. The Hall–Kier alpha value is -1.03. The van der Waals surface area contributed by atoms with Crippen molar-refractivity contribution in [3.63, 3.8) is 0 Å². The highest BCUT2D eigenvalue weighted by atomic mass is 79.9. The quantitative estimate of drug-likeness (QED) is 0.889. The highest BCUT2D eigenvalue weighted by Gasteiger charge is 2.17. The molecule has 2 aromatic carbocycles. The Morgan fingerprint density at radius 2 is 1.89 bits per heavy atom. The summed E-state index contributed by atoms with van der Waals surface area (Å²) in [4.78, 5) is 0. The molecule has 19 heavy (non-hydrogen) atoms. The lowest BCUT2D eigenvalue weighted by atomic mass is 9.99. The maximum Gasteiger partial charge on any atom is 0.120 e. The van der Waals surface area contributed by atoms with Gasteiger partial charge in [-0.2, -0.15) is 0 Å². The highest BCUT2D eigenvalue weighted by molar-refractivity contribution is 9.10. The first-order chi connectivity index (χ1) is 9.17. The molecule has 0 saturated carbocycles. The second-order valence-electron chi connectivity index (χ2n) is 4.13. The average molecular weight is 341 g/mol. The monoisotopic (exact) mass is 339 g/mol. The van der Waals surface area contributed by atoms with Crippen LogP contribution in [0.1, 0.15) is 17.2 Å². The van der Waals surface area contributed by atoms with Crippen molar-refractivity contribution in [1.29, 1.82) is 0 Å². The van der Waals surface area contributed by atoms with Gasteiger partial charge in [-0.15, -0.1) is 0 Å². The van der Waals surface area contributed by atoms with E-state index in [-0.39, 0.29) is 6.04 Å². The van der Waals surface area contributed by atoms with Gasteiger partial charge in [-0.05, 0) is 36.4 Å².